The Morgan fingerprint density at radius 1 is 0.554 bits per heavy atom. The number of rotatable bonds is 5. The molecule has 12 radical (unpaired) electrons. The molecule has 12 rings (SSSR count). The molecule has 65 heavy (non-hydrogen) atoms. The summed E-state index contributed by atoms with van der Waals surface area (Å²) in [6.07, 6.45) is 10.8. The summed E-state index contributed by atoms with van der Waals surface area (Å²) < 4.78 is 11.0. The lowest BCUT2D eigenvalue weighted by atomic mass is 9.74. The van der Waals surface area contributed by atoms with Crippen LogP contribution in [0.3, 0.4) is 0 Å². The molecular weight excluding hydrogens is 785 g/mol. The van der Waals surface area contributed by atoms with E-state index in [1.165, 1.54) is 0 Å². The van der Waals surface area contributed by atoms with Crippen molar-refractivity contribution in [2.75, 3.05) is 0 Å². The molecule has 4 aromatic heterocycles. The van der Waals surface area contributed by atoms with Crippen molar-refractivity contribution < 1.29 is 4.42 Å². The first kappa shape index (κ1) is 39.3. The van der Waals surface area contributed by atoms with Gasteiger partial charge in [0.1, 0.15) is 58.4 Å². The van der Waals surface area contributed by atoms with E-state index in [4.69, 9.17) is 61.5 Å². The van der Waals surface area contributed by atoms with Crippen molar-refractivity contribution in [1.82, 2.24) is 19.1 Å². The monoisotopic (exact) mass is 816 g/mol. The summed E-state index contributed by atoms with van der Waals surface area (Å²) in [4.78, 5) is 10.3. The first-order valence-electron chi connectivity index (χ1n) is 21.5. The van der Waals surface area contributed by atoms with Gasteiger partial charge in [-0.3, -0.25) is 0 Å². The van der Waals surface area contributed by atoms with Crippen LogP contribution in [0, 0.1) is 11.8 Å². The summed E-state index contributed by atoms with van der Waals surface area (Å²) in [5, 5.41) is 4.00. The molecular formula is C54H30B6N4O. The highest BCUT2D eigenvalue weighted by molar-refractivity contribution is 6.61. The van der Waals surface area contributed by atoms with E-state index in [9.17, 15) is 0 Å². The topological polar surface area (TPSA) is 48.8 Å². The summed E-state index contributed by atoms with van der Waals surface area (Å²) in [7, 11) is 41.4. The second-order valence-corrected chi connectivity index (χ2v) is 16.8. The zero-order chi connectivity index (χ0) is 44.1. The zero-order valence-corrected chi connectivity index (χ0v) is 35.2. The molecule has 2 aliphatic rings. The van der Waals surface area contributed by atoms with Crippen molar-refractivity contribution in [2.24, 2.45) is 0 Å². The molecule has 0 amide bonds. The normalized spacial score (nSPS) is 15.1. The fourth-order valence-electron chi connectivity index (χ4n) is 9.92. The Hall–Kier alpha value is -7.29. The van der Waals surface area contributed by atoms with Crippen molar-refractivity contribution in [3.05, 3.63) is 139 Å². The smallest absolute Gasteiger partial charge is 0.160 e. The van der Waals surface area contributed by atoms with E-state index in [2.05, 4.69) is 63.5 Å². The maximum atomic E-state index is 7.21. The minimum absolute atomic E-state index is 0.413. The Kier molecular flexibility index (Phi) is 9.18. The van der Waals surface area contributed by atoms with Crippen LogP contribution in [0.5, 0.6) is 0 Å². The van der Waals surface area contributed by atoms with Crippen LogP contribution < -0.4 is 32.8 Å². The van der Waals surface area contributed by atoms with E-state index < -0.39 is 0 Å². The van der Waals surface area contributed by atoms with Crippen LogP contribution in [0.4, 0.5) is 0 Å². The molecule has 0 bridgehead atoms. The van der Waals surface area contributed by atoms with E-state index >= 15 is 0 Å². The Bertz CT molecular complexity index is 3790. The molecule has 0 aliphatic heterocycles. The average Bonchev–Trinajstić information content (AvgIpc) is 3.96. The van der Waals surface area contributed by atoms with Gasteiger partial charge in [0.05, 0.1) is 22.4 Å². The highest BCUT2D eigenvalue weighted by Crippen LogP contribution is 2.43. The average molecular weight is 816 g/mol. The quantitative estimate of drug-likeness (QED) is 0.151. The Labute approximate surface area is 383 Å². The van der Waals surface area contributed by atoms with Crippen LogP contribution in [-0.4, -0.2) is 66.2 Å². The van der Waals surface area contributed by atoms with Gasteiger partial charge < -0.3 is 13.6 Å². The molecule has 0 unspecified atom stereocenters. The van der Waals surface area contributed by atoms with Crippen molar-refractivity contribution in [2.45, 2.75) is 25.7 Å². The number of fused-ring (bicyclic) bond motifs is 10. The number of nitrogens with zero attached hydrogens (tertiary/aromatic N) is 4. The van der Waals surface area contributed by atoms with E-state index in [0.29, 0.717) is 64.3 Å². The van der Waals surface area contributed by atoms with E-state index in [0.717, 1.165) is 105 Å². The fourth-order valence-corrected chi connectivity index (χ4v) is 9.92. The SMILES string of the molecule is [B]c1cc([B])c2c(c1)c1c([B])c([B])c3c4cc([B])cc([B])c4n(/C4=C/C=C\CC#CC4)c3c1n2C1=Cc2c(oc3ccc(-c4nc(-c5ccccc5)cc(-c5ccccc5)n4)cc23)CC1. The summed E-state index contributed by atoms with van der Waals surface area (Å²) >= 11 is 0. The van der Waals surface area contributed by atoms with Gasteiger partial charge in [0.15, 0.2) is 5.82 Å². The Morgan fingerprint density at radius 3 is 1.77 bits per heavy atom. The molecule has 11 heteroatoms. The Balaban J connectivity index is 1.14. The first-order valence-corrected chi connectivity index (χ1v) is 21.5. The van der Waals surface area contributed by atoms with Crippen molar-refractivity contribution >= 4 is 152 Å². The molecule has 5 nitrogen and oxygen atoms in total. The van der Waals surface area contributed by atoms with Crippen LogP contribution >= 0.6 is 0 Å². The van der Waals surface area contributed by atoms with E-state index in [1.807, 2.05) is 78.9 Å². The highest BCUT2D eigenvalue weighted by Gasteiger charge is 2.29. The van der Waals surface area contributed by atoms with Crippen molar-refractivity contribution in [3.8, 4) is 45.7 Å². The number of hydrogen-bond donors (Lipinski definition) is 0. The molecule has 0 spiro atoms. The van der Waals surface area contributed by atoms with Gasteiger partial charge in [-0.15, -0.1) is 0 Å². The van der Waals surface area contributed by atoms with Crippen LogP contribution in [0.1, 0.15) is 30.6 Å². The van der Waals surface area contributed by atoms with Gasteiger partial charge in [0, 0.05) is 90.9 Å². The van der Waals surface area contributed by atoms with Gasteiger partial charge >= 0.3 is 0 Å². The summed E-state index contributed by atoms with van der Waals surface area (Å²) in [6, 6.07) is 36.0. The Morgan fingerprint density at radius 2 is 1.15 bits per heavy atom. The zero-order valence-electron chi connectivity index (χ0n) is 35.2. The number of aryl methyl sites for hydroxylation is 1. The largest absolute Gasteiger partial charge is 0.460 e. The van der Waals surface area contributed by atoms with Gasteiger partial charge in [0.25, 0.3) is 0 Å². The van der Waals surface area contributed by atoms with Crippen LogP contribution in [-0.2, 0) is 6.42 Å². The van der Waals surface area contributed by atoms with Crippen LogP contribution in [0.15, 0.2) is 132 Å². The lowest BCUT2D eigenvalue weighted by Crippen LogP contribution is -2.27. The molecule has 2 aliphatic carbocycles. The fraction of sp³-hybridized carbons (Fsp3) is 0.0741. The second-order valence-electron chi connectivity index (χ2n) is 16.8. The van der Waals surface area contributed by atoms with Gasteiger partial charge in [-0.25, -0.2) is 9.97 Å². The van der Waals surface area contributed by atoms with Gasteiger partial charge in [-0.1, -0.05) is 142 Å². The van der Waals surface area contributed by atoms with Crippen LogP contribution in [0.2, 0.25) is 0 Å². The third-order valence-electron chi connectivity index (χ3n) is 12.7. The molecule has 290 valence electrons. The number of furan rings is 1. The first-order chi connectivity index (χ1) is 31.7. The summed E-state index contributed by atoms with van der Waals surface area (Å²) in [5.74, 6) is 8.12. The number of benzene rings is 6. The summed E-state index contributed by atoms with van der Waals surface area (Å²) in [5.41, 5.74) is 14.2. The van der Waals surface area contributed by atoms with E-state index in [1.54, 1.807) is 12.1 Å². The standard InChI is InChI=1S/C54H30B6N4O/c55-32-23-38-46-48(59)49(60)47-39-24-33(56)26-41(58)51(39)64(53(47)52(46)63(50(38)40(57)25-32)34-16-10-2-1-3-11-17-34)35-19-21-45-37(27-35)36-22-31(18-20-44(36)65-45)54-61-42(29-12-6-4-7-13-29)28-43(62-54)30-14-8-5-9-15-30/h2,4-10,12-16,18,20,22-28H,1,17,19,21H2/b10-2-,34-16+. The molecule has 4 heterocycles. The molecule has 0 N–H and O–H groups in total. The maximum Gasteiger partial charge on any atom is 0.160 e. The van der Waals surface area contributed by atoms with Crippen molar-refractivity contribution in [1.29, 1.82) is 0 Å². The third kappa shape index (κ3) is 6.26. The lowest BCUT2D eigenvalue weighted by Gasteiger charge is -2.20. The molecule has 6 aromatic carbocycles. The molecule has 0 atom stereocenters. The third-order valence-corrected chi connectivity index (χ3v) is 12.7. The minimum atomic E-state index is 0.413. The predicted molar refractivity (Wildman–Crippen MR) is 276 cm³/mol. The maximum absolute atomic E-state index is 7.21. The van der Waals surface area contributed by atoms with Gasteiger partial charge in [-0.05, 0) is 42.8 Å². The molecule has 0 saturated carbocycles. The molecule has 10 aromatic rings. The van der Waals surface area contributed by atoms with Crippen molar-refractivity contribution in [3.63, 3.8) is 0 Å². The minimum Gasteiger partial charge on any atom is -0.460 e. The van der Waals surface area contributed by atoms with E-state index in [-0.39, 0.29) is 0 Å². The van der Waals surface area contributed by atoms with Gasteiger partial charge in [0.2, 0.25) is 0 Å². The lowest BCUT2D eigenvalue weighted by molar-refractivity contribution is 0.546. The predicted octanol–water partition coefficient (Wildman–Crippen LogP) is 6.34. The molecule has 0 fully saturated rings. The van der Waals surface area contributed by atoms with Crippen LogP contribution in [0.25, 0.3) is 106 Å². The molecule has 0 saturated heterocycles. The summed E-state index contributed by atoms with van der Waals surface area (Å²) in [6.45, 7) is 0. The number of aromatic nitrogens is 4. The van der Waals surface area contributed by atoms with Gasteiger partial charge in [-0.2, -0.15) is 0 Å². The second kappa shape index (κ2) is 15.2. The number of allylic oxidation sites excluding steroid dienone is 5. The highest BCUT2D eigenvalue weighted by atomic mass is 16.3. The number of hydrogen-bond acceptors (Lipinski definition) is 3.